The average Bonchev–Trinajstić information content (AvgIpc) is 2.47. The topological polar surface area (TPSA) is 0 Å². The van der Waals surface area contributed by atoms with Crippen LogP contribution in [0.25, 0.3) is 0 Å². The first-order chi connectivity index (χ1) is 10.4. The molecule has 0 spiro atoms. The van der Waals surface area contributed by atoms with E-state index in [4.69, 9.17) is 0 Å². The molecule has 2 rings (SSSR count). The van der Waals surface area contributed by atoms with Crippen molar-refractivity contribution < 1.29 is 0 Å². The second kappa shape index (κ2) is 7.97. The maximum absolute atomic E-state index is 4.17. The summed E-state index contributed by atoms with van der Waals surface area (Å²) in [6.07, 6.45) is 7.47. The Labute approximate surface area is 145 Å². The molecule has 0 radical (unpaired) electrons. The molecule has 0 saturated heterocycles. The quantitative estimate of drug-likeness (QED) is 0.373. The summed E-state index contributed by atoms with van der Waals surface area (Å²) in [4.78, 5) is 3.20. The number of hydrogen-bond donors (Lipinski definition) is 0. The zero-order chi connectivity index (χ0) is 16.3. The van der Waals surface area contributed by atoms with E-state index >= 15 is 0 Å². The van der Waals surface area contributed by atoms with Crippen LogP contribution in [0.5, 0.6) is 0 Å². The monoisotopic (exact) mass is 334 g/mol. The van der Waals surface area contributed by atoms with E-state index in [2.05, 4.69) is 40.9 Å². The predicted molar refractivity (Wildman–Crippen MR) is 105 cm³/mol. The Balaban J connectivity index is 1.99. The minimum absolute atomic E-state index is 0.691. The summed E-state index contributed by atoms with van der Waals surface area (Å²) in [6.45, 7) is 17.3. The van der Waals surface area contributed by atoms with Crippen LogP contribution in [0, 0.1) is 11.8 Å². The molecule has 0 aliphatic heterocycles. The summed E-state index contributed by atoms with van der Waals surface area (Å²) in [5, 5.41) is 0. The number of rotatable bonds is 5. The number of allylic oxidation sites excluding steroid dienone is 6. The Morgan fingerprint density at radius 2 is 1.18 bits per heavy atom. The van der Waals surface area contributed by atoms with E-state index in [-0.39, 0.29) is 0 Å². The van der Waals surface area contributed by atoms with Crippen molar-refractivity contribution in [2.24, 2.45) is 11.8 Å². The van der Waals surface area contributed by atoms with E-state index < -0.39 is 0 Å². The predicted octanol–water partition coefficient (Wildman–Crippen LogP) is 7.67. The second-order valence-corrected chi connectivity index (χ2v) is 9.46. The van der Waals surface area contributed by atoms with Gasteiger partial charge in [0.05, 0.1) is 0 Å². The van der Waals surface area contributed by atoms with E-state index in [0.717, 1.165) is 0 Å². The van der Waals surface area contributed by atoms with Gasteiger partial charge in [0, 0.05) is 0 Å². The summed E-state index contributed by atoms with van der Waals surface area (Å²) < 4.78 is 0. The van der Waals surface area contributed by atoms with Gasteiger partial charge < -0.3 is 0 Å². The fourth-order valence-corrected chi connectivity index (χ4v) is 6.31. The summed E-state index contributed by atoms with van der Waals surface area (Å²) >= 11 is 0. The molecule has 0 aromatic carbocycles. The van der Waals surface area contributed by atoms with Crippen LogP contribution in [-0.2, 0) is 0 Å². The third-order valence-corrected chi connectivity index (χ3v) is 8.16. The zero-order valence-corrected chi connectivity index (χ0v) is 16.3. The lowest BCUT2D eigenvalue weighted by molar-refractivity contribution is 0.535. The van der Waals surface area contributed by atoms with Gasteiger partial charge in [-0.05, 0) is 87.9 Å². The van der Waals surface area contributed by atoms with Gasteiger partial charge in [0.2, 0.25) is 0 Å². The van der Waals surface area contributed by atoms with Crippen molar-refractivity contribution >= 4 is 21.6 Å². The molecular formula is C20H30S2. The highest BCUT2D eigenvalue weighted by Crippen LogP contribution is 2.49. The van der Waals surface area contributed by atoms with Crippen LogP contribution in [0.2, 0.25) is 0 Å². The van der Waals surface area contributed by atoms with Gasteiger partial charge in [0.15, 0.2) is 0 Å². The minimum Gasteiger partial charge on any atom is -0.0998 e. The van der Waals surface area contributed by atoms with Crippen molar-refractivity contribution in [3.05, 3.63) is 45.3 Å². The van der Waals surface area contributed by atoms with Gasteiger partial charge in [0.25, 0.3) is 0 Å². The van der Waals surface area contributed by atoms with Crippen LogP contribution in [0.15, 0.2) is 45.3 Å². The summed E-state index contributed by atoms with van der Waals surface area (Å²) in [5.41, 5.74) is 5.90. The van der Waals surface area contributed by atoms with Crippen molar-refractivity contribution in [2.45, 2.75) is 66.2 Å². The maximum atomic E-state index is 4.17. The lowest BCUT2D eigenvalue weighted by Crippen LogP contribution is -2.10. The van der Waals surface area contributed by atoms with E-state index in [1.165, 1.54) is 49.7 Å². The van der Waals surface area contributed by atoms with E-state index in [1.54, 1.807) is 21.0 Å². The van der Waals surface area contributed by atoms with Crippen LogP contribution in [-0.4, -0.2) is 0 Å². The molecule has 0 aromatic rings. The van der Waals surface area contributed by atoms with E-state index in [9.17, 15) is 0 Å². The molecule has 0 heterocycles. The molecule has 2 aliphatic carbocycles. The maximum Gasteiger partial charge on any atom is -0.00434 e. The van der Waals surface area contributed by atoms with Crippen molar-refractivity contribution in [2.75, 3.05) is 0 Å². The fraction of sp³-hybridized carbons (Fsp3) is 0.600. The highest BCUT2D eigenvalue weighted by atomic mass is 33.1. The van der Waals surface area contributed by atoms with Gasteiger partial charge in [-0.2, -0.15) is 0 Å². The highest BCUT2D eigenvalue weighted by Gasteiger charge is 2.23. The molecule has 0 N–H and O–H groups in total. The molecule has 0 fully saturated rings. The Morgan fingerprint density at radius 3 is 1.50 bits per heavy atom. The first-order valence-corrected chi connectivity index (χ1v) is 10.6. The van der Waals surface area contributed by atoms with Gasteiger partial charge >= 0.3 is 0 Å². The van der Waals surface area contributed by atoms with Gasteiger partial charge in [-0.3, -0.25) is 0 Å². The number of hydrogen-bond acceptors (Lipinski definition) is 2. The van der Waals surface area contributed by atoms with Gasteiger partial charge in [-0.1, -0.05) is 57.0 Å². The molecule has 2 atom stereocenters. The van der Waals surface area contributed by atoms with E-state index in [1.807, 2.05) is 21.6 Å². The average molecular weight is 335 g/mol. The molecule has 0 bridgehead atoms. The zero-order valence-electron chi connectivity index (χ0n) is 14.6. The third kappa shape index (κ3) is 4.58. The third-order valence-electron chi connectivity index (χ3n) is 5.19. The SMILES string of the molecule is C=C(C)[C@@H]1CCC(C)=C(SSC2=C(C)CC[C@@H](C(=C)C)C2)C1. The lowest BCUT2D eigenvalue weighted by atomic mass is 9.86. The molecule has 0 aromatic heterocycles. The first kappa shape index (κ1) is 18.0. The molecular weight excluding hydrogens is 304 g/mol. The Kier molecular flexibility index (Phi) is 6.52. The van der Waals surface area contributed by atoms with Crippen LogP contribution in [0.4, 0.5) is 0 Å². The van der Waals surface area contributed by atoms with Gasteiger partial charge in [-0.25, -0.2) is 0 Å². The fourth-order valence-electron chi connectivity index (χ4n) is 3.21. The molecule has 122 valence electrons. The molecule has 2 heteroatoms. The molecule has 2 aliphatic rings. The van der Waals surface area contributed by atoms with Crippen molar-refractivity contribution in [1.29, 1.82) is 0 Å². The summed E-state index contributed by atoms with van der Waals surface area (Å²) in [6, 6.07) is 0. The van der Waals surface area contributed by atoms with Crippen LogP contribution >= 0.6 is 21.6 Å². The van der Waals surface area contributed by atoms with Gasteiger partial charge in [-0.15, -0.1) is 0 Å². The minimum atomic E-state index is 0.691. The van der Waals surface area contributed by atoms with Crippen LogP contribution in [0.3, 0.4) is 0 Å². The molecule has 0 saturated carbocycles. The molecule has 0 unspecified atom stereocenters. The standard InChI is InChI=1S/C20H30S2/c1-13(2)17-9-7-15(5)19(11-17)21-22-20-12-18(14(3)4)10-8-16(20)6/h17-18H,1,3,7-12H2,2,4-6H3/t17-,18-/m1/s1. The van der Waals surface area contributed by atoms with Crippen molar-refractivity contribution in [3.63, 3.8) is 0 Å². The van der Waals surface area contributed by atoms with Gasteiger partial charge in [0.1, 0.15) is 0 Å². The Hall–Kier alpha value is -0.340. The summed E-state index contributed by atoms with van der Waals surface area (Å²) in [7, 11) is 4.04. The second-order valence-electron chi connectivity index (χ2n) is 7.15. The lowest BCUT2D eigenvalue weighted by Gasteiger charge is -2.28. The highest BCUT2D eigenvalue weighted by molar-refractivity contribution is 8.79. The Morgan fingerprint density at radius 1 is 0.818 bits per heavy atom. The molecule has 22 heavy (non-hydrogen) atoms. The molecule has 0 amide bonds. The largest absolute Gasteiger partial charge is 0.0998 e. The van der Waals surface area contributed by atoms with E-state index in [0.29, 0.717) is 11.8 Å². The molecule has 0 nitrogen and oxygen atoms in total. The Bertz CT molecular complexity index is 474. The summed E-state index contributed by atoms with van der Waals surface area (Å²) in [5.74, 6) is 1.38. The van der Waals surface area contributed by atoms with Crippen molar-refractivity contribution in [1.82, 2.24) is 0 Å². The van der Waals surface area contributed by atoms with Crippen molar-refractivity contribution in [3.8, 4) is 0 Å². The van der Waals surface area contributed by atoms with Crippen LogP contribution < -0.4 is 0 Å². The normalized spacial score (nSPS) is 26.4. The van der Waals surface area contributed by atoms with Crippen LogP contribution in [0.1, 0.15) is 66.2 Å². The first-order valence-electron chi connectivity index (χ1n) is 8.41. The smallest absolute Gasteiger partial charge is 0.00434 e.